The van der Waals surface area contributed by atoms with Gasteiger partial charge in [0.25, 0.3) is 5.92 Å². The molecule has 0 aromatic heterocycles. The topological polar surface area (TPSA) is 12.0 Å². The Balaban J connectivity index is 2.17. The van der Waals surface area contributed by atoms with E-state index in [0.29, 0.717) is 5.56 Å². The molecule has 1 fully saturated rings. The average Bonchev–Trinajstić information content (AvgIpc) is 2.16. The standard InChI is InChI=1S/C11H12F3N/c12-9-3-1-2-8(6-9)10-7-11(13,14)4-5-15-10/h1-3,6,10,15H,4-5,7H2. The molecule has 1 unspecified atom stereocenters. The van der Waals surface area contributed by atoms with Crippen molar-refractivity contribution in [3.05, 3.63) is 35.6 Å². The first-order chi connectivity index (χ1) is 7.07. The van der Waals surface area contributed by atoms with E-state index in [2.05, 4.69) is 5.32 Å². The van der Waals surface area contributed by atoms with Gasteiger partial charge in [0, 0.05) is 25.4 Å². The summed E-state index contributed by atoms with van der Waals surface area (Å²) in [5, 5.41) is 2.97. The zero-order valence-electron chi connectivity index (χ0n) is 8.14. The first-order valence-corrected chi connectivity index (χ1v) is 4.93. The van der Waals surface area contributed by atoms with Gasteiger partial charge in [0.2, 0.25) is 0 Å². The Morgan fingerprint density at radius 2 is 2.13 bits per heavy atom. The van der Waals surface area contributed by atoms with Gasteiger partial charge in [0.15, 0.2) is 0 Å². The first-order valence-electron chi connectivity index (χ1n) is 4.93. The molecule has 0 amide bonds. The van der Waals surface area contributed by atoms with Crippen LogP contribution < -0.4 is 5.32 Å². The Hall–Kier alpha value is -1.03. The summed E-state index contributed by atoms with van der Waals surface area (Å²) in [6.07, 6.45) is -0.394. The number of hydrogen-bond donors (Lipinski definition) is 1. The van der Waals surface area contributed by atoms with Gasteiger partial charge in [0.05, 0.1) is 0 Å². The van der Waals surface area contributed by atoms with E-state index in [0.717, 1.165) is 0 Å². The normalized spacial score (nSPS) is 25.1. The summed E-state index contributed by atoms with van der Waals surface area (Å²) in [5.74, 6) is -3.02. The van der Waals surface area contributed by atoms with Gasteiger partial charge < -0.3 is 5.32 Å². The smallest absolute Gasteiger partial charge is 0.251 e. The van der Waals surface area contributed by atoms with E-state index in [1.165, 1.54) is 12.1 Å². The third-order valence-corrected chi connectivity index (χ3v) is 2.64. The van der Waals surface area contributed by atoms with E-state index < -0.39 is 12.0 Å². The van der Waals surface area contributed by atoms with Crippen molar-refractivity contribution in [2.24, 2.45) is 0 Å². The highest BCUT2D eigenvalue weighted by Crippen LogP contribution is 2.34. The third kappa shape index (κ3) is 2.50. The summed E-state index contributed by atoms with van der Waals surface area (Å²) in [5.41, 5.74) is 0.592. The van der Waals surface area contributed by atoms with Crippen molar-refractivity contribution >= 4 is 0 Å². The lowest BCUT2D eigenvalue weighted by molar-refractivity contribution is -0.0415. The molecule has 0 aliphatic carbocycles. The van der Waals surface area contributed by atoms with Gasteiger partial charge in [-0.3, -0.25) is 0 Å². The summed E-state index contributed by atoms with van der Waals surface area (Å²) >= 11 is 0. The molecule has 1 heterocycles. The second kappa shape index (κ2) is 3.85. The minimum absolute atomic E-state index is 0.140. The number of hydrogen-bond acceptors (Lipinski definition) is 1. The SMILES string of the molecule is Fc1cccc(C2CC(F)(F)CCN2)c1. The number of alkyl halides is 2. The van der Waals surface area contributed by atoms with Gasteiger partial charge in [-0.05, 0) is 17.7 Å². The fourth-order valence-electron chi connectivity index (χ4n) is 1.86. The summed E-state index contributed by atoms with van der Waals surface area (Å²) in [4.78, 5) is 0. The van der Waals surface area contributed by atoms with Crippen LogP contribution in [0.4, 0.5) is 13.2 Å². The molecule has 1 aromatic rings. The molecule has 1 aromatic carbocycles. The van der Waals surface area contributed by atoms with Gasteiger partial charge in [0.1, 0.15) is 5.82 Å². The molecular formula is C11H12F3N. The van der Waals surface area contributed by atoms with Gasteiger partial charge >= 0.3 is 0 Å². The number of halogens is 3. The van der Waals surface area contributed by atoms with Crippen LogP contribution in [0.3, 0.4) is 0 Å². The number of nitrogens with one attached hydrogen (secondary N) is 1. The van der Waals surface area contributed by atoms with Gasteiger partial charge in [-0.15, -0.1) is 0 Å². The van der Waals surface area contributed by atoms with Crippen LogP contribution >= 0.6 is 0 Å². The summed E-state index contributed by atoms with van der Waals surface area (Å²) in [6, 6.07) is 5.38. The molecule has 0 bridgehead atoms. The Bertz CT molecular complexity index is 351. The van der Waals surface area contributed by atoms with Crippen LogP contribution in [0.25, 0.3) is 0 Å². The number of piperidine rings is 1. The summed E-state index contributed by atoms with van der Waals surface area (Å²) in [7, 11) is 0. The molecule has 0 radical (unpaired) electrons. The molecule has 4 heteroatoms. The van der Waals surface area contributed by atoms with E-state index >= 15 is 0 Å². The van der Waals surface area contributed by atoms with Crippen LogP contribution in [0.15, 0.2) is 24.3 Å². The lowest BCUT2D eigenvalue weighted by Crippen LogP contribution is -2.38. The molecule has 1 saturated heterocycles. The van der Waals surface area contributed by atoms with Crippen LogP contribution in [0.1, 0.15) is 24.4 Å². The maximum atomic E-state index is 13.1. The van der Waals surface area contributed by atoms with Crippen molar-refractivity contribution in [2.45, 2.75) is 24.8 Å². The third-order valence-electron chi connectivity index (χ3n) is 2.64. The largest absolute Gasteiger partial charge is 0.309 e. The molecule has 1 atom stereocenters. The number of benzene rings is 1. The highest BCUT2D eigenvalue weighted by molar-refractivity contribution is 5.21. The predicted molar refractivity (Wildman–Crippen MR) is 51.3 cm³/mol. The predicted octanol–water partition coefficient (Wildman–Crippen LogP) is 2.89. The van der Waals surface area contributed by atoms with Crippen LogP contribution in [0.2, 0.25) is 0 Å². The molecule has 15 heavy (non-hydrogen) atoms. The molecule has 1 aliphatic rings. The van der Waals surface area contributed by atoms with Crippen LogP contribution in [-0.4, -0.2) is 12.5 Å². The lowest BCUT2D eigenvalue weighted by Gasteiger charge is -2.30. The minimum atomic E-state index is -2.64. The lowest BCUT2D eigenvalue weighted by atomic mass is 9.95. The highest BCUT2D eigenvalue weighted by Gasteiger charge is 2.36. The summed E-state index contributed by atoms with van der Waals surface area (Å²) in [6.45, 7) is 0.272. The van der Waals surface area contributed by atoms with Crippen LogP contribution in [0.5, 0.6) is 0 Å². The van der Waals surface area contributed by atoms with Gasteiger partial charge in [-0.1, -0.05) is 12.1 Å². The molecule has 1 aliphatic heterocycles. The van der Waals surface area contributed by atoms with Gasteiger partial charge in [-0.2, -0.15) is 0 Å². The monoisotopic (exact) mass is 215 g/mol. The van der Waals surface area contributed by atoms with Crippen molar-refractivity contribution in [1.29, 1.82) is 0 Å². The minimum Gasteiger partial charge on any atom is -0.309 e. The van der Waals surface area contributed by atoms with Crippen molar-refractivity contribution in [2.75, 3.05) is 6.54 Å². The van der Waals surface area contributed by atoms with E-state index in [-0.39, 0.29) is 25.2 Å². The van der Waals surface area contributed by atoms with Crippen LogP contribution in [-0.2, 0) is 0 Å². The Morgan fingerprint density at radius 1 is 1.33 bits per heavy atom. The first kappa shape index (κ1) is 10.5. The van der Waals surface area contributed by atoms with Crippen molar-refractivity contribution in [1.82, 2.24) is 5.32 Å². The van der Waals surface area contributed by atoms with E-state index in [4.69, 9.17) is 0 Å². The zero-order valence-corrected chi connectivity index (χ0v) is 8.14. The van der Waals surface area contributed by atoms with Crippen molar-refractivity contribution < 1.29 is 13.2 Å². The van der Waals surface area contributed by atoms with Crippen LogP contribution in [0, 0.1) is 5.82 Å². The zero-order chi connectivity index (χ0) is 10.9. The fraction of sp³-hybridized carbons (Fsp3) is 0.455. The fourth-order valence-corrected chi connectivity index (χ4v) is 1.86. The maximum Gasteiger partial charge on any atom is 0.251 e. The van der Waals surface area contributed by atoms with Crippen molar-refractivity contribution in [3.8, 4) is 0 Å². The molecule has 0 spiro atoms. The molecule has 0 saturated carbocycles. The average molecular weight is 215 g/mol. The molecule has 1 nitrogen and oxygen atoms in total. The van der Waals surface area contributed by atoms with Crippen molar-refractivity contribution in [3.63, 3.8) is 0 Å². The van der Waals surface area contributed by atoms with E-state index in [9.17, 15) is 13.2 Å². The van der Waals surface area contributed by atoms with E-state index in [1.807, 2.05) is 0 Å². The van der Waals surface area contributed by atoms with E-state index in [1.54, 1.807) is 12.1 Å². The molecule has 82 valence electrons. The Kier molecular flexibility index (Phi) is 2.69. The maximum absolute atomic E-state index is 13.1. The Morgan fingerprint density at radius 3 is 2.80 bits per heavy atom. The number of rotatable bonds is 1. The Labute approximate surface area is 86.3 Å². The molecular weight excluding hydrogens is 203 g/mol. The summed E-state index contributed by atoms with van der Waals surface area (Å²) < 4.78 is 39.1. The highest BCUT2D eigenvalue weighted by atomic mass is 19.3. The quantitative estimate of drug-likeness (QED) is 0.759. The second-order valence-electron chi connectivity index (χ2n) is 3.87. The molecule has 2 rings (SSSR count). The van der Waals surface area contributed by atoms with Gasteiger partial charge in [-0.25, -0.2) is 13.2 Å². The second-order valence-corrected chi connectivity index (χ2v) is 3.87. The molecule has 1 N–H and O–H groups in total.